The van der Waals surface area contributed by atoms with Crippen LogP contribution in [0.4, 0.5) is 0 Å². The largest absolute Gasteiger partial charge is 0.347 e. The third kappa shape index (κ3) is 8.46. The van der Waals surface area contributed by atoms with Gasteiger partial charge in [-0.2, -0.15) is 0 Å². The summed E-state index contributed by atoms with van der Waals surface area (Å²) in [5, 5.41) is 7.66. The molecule has 27 heavy (non-hydrogen) atoms. The molecule has 1 radical (unpaired) electrons. The third-order valence-corrected chi connectivity index (χ3v) is 3.79. The number of nitrogens with one attached hydrogen (secondary N) is 3. The van der Waals surface area contributed by atoms with Gasteiger partial charge in [0.05, 0.1) is 13.1 Å². The number of carbonyl (C=O) groups excluding carboxylic acids is 4. The summed E-state index contributed by atoms with van der Waals surface area (Å²) in [5.74, 6) is -1.29. The highest BCUT2D eigenvalue weighted by Gasteiger charge is 2.27. The summed E-state index contributed by atoms with van der Waals surface area (Å²) in [6.45, 7) is 3.33. The summed E-state index contributed by atoms with van der Waals surface area (Å²) in [7, 11) is 0. The monoisotopic (exact) mass is 375 g/mol. The predicted molar refractivity (Wildman–Crippen MR) is 101 cm³/mol. The molecule has 0 spiro atoms. The summed E-state index contributed by atoms with van der Waals surface area (Å²) in [6, 6.07) is 7.51. The summed E-state index contributed by atoms with van der Waals surface area (Å²) in [6.07, 6.45) is 2.23. The Morgan fingerprint density at radius 1 is 1.04 bits per heavy atom. The number of carbonyl (C=O) groups is 3. The number of benzene rings is 1. The molecule has 0 aliphatic rings. The summed E-state index contributed by atoms with van der Waals surface area (Å²) >= 11 is 0. The van der Waals surface area contributed by atoms with Crippen LogP contribution < -0.4 is 21.7 Å². The van der Waals surface area contributed by atoms with Gasteiger partial charge in [-0.05, 0) is 17.9 Å². The first kappa shape index (κ1) is 22.3. The molecule has 2 unspecified atom stereocenters. The van der Waals surface area contributed by atoms with Gasteiger partial charge >= 0.3 is 0 Å². The quantitative estimate of drug-likeness (QED) is 0.411. The van der Waals surface area contributed by atoms with Crippen molar-refractivity contribution in [3.63, 3.8) is 0 Å². The van der Waals surface area contributed by atoms with Crippen LogP contribution in [0.3, 0.4) is 0 Å². The maximum atomic E-state index is 12.7. The molecule has 5 N–H and O–H groups in total. The normalized spacial score (nSPS) is 12.7. The molecular weight excluding hydrogens is 348 g/mol. The van der Waals surface area contributed by atoms with E-state index in [0.717, 1.165) is 5.56 Å². The van der Waals surface area contributed by atoms with Crippen LogP contribution in [-0.2, 0) is 25.6 Å². The van der Waals surface area contributed by atoms with Gasteiger partial charge in [0.25, 0.3) is 0 Å². The Morgan fingerprint density at radius 2 is 1.70 bits per heavy atom. The Labute approximate surface area is 159 Å². The molecule has 0 aliphatic carbocycles. The molecule has 0 bridgehead atoms. The van der Waals surface area contributed by atoms with Gasteiger partial charge < -0.3 is 21.7 Å². The van der Waals surface area contributed by atoms with E-state index in [1.807, 2.05) is 44.2 Å². The lowest BCUT2D eigenvalue weighted by Crippen LogP contribution is -2.55. The van der Waals surface area contributed by atoms with E-state index in [0.29, 0.717) is 6.42 Å². The molecule has 1 aromatic rings. The highest BCUT2D eigenvalue weighted by atomic mass is 16.2. The van der Waals surface area contributed by atoms with Gasteiger partial charge in [0.15, 0.2) is 0 Å². The number of rotatable bonds is 11. The Bertz CT molecular complexity index is 634. The van der Waals surface area contributed by atoms with Crippen molar-refractivity contribution in [2.45, 2.75) is 38.8 Å². The van der Waals surface area contributed by atoms with Crippen molar-refractivity contribution in [2.24, 2.45) is 11.7 Å². The van der Waals surface area contributed by atoms with E-state index in [-0.39, 0.29) is 25.4 Å². The first-order chi connectivity index (χ1) is 12.9. The zero-order valence-corrected chi connectivity index (χ0v) is 15.7. The van der Waals surface area contributed by atoms with Gasteiger partial charge in [0.1, 0.15) is 12.1 Å². The van der Waals surface area contributed by atoms with E-state index in [1.165, 1.54) is 0 Å². The van der Waals surface area contributed by atoms with Gasteiger partial charge in [-0.1, -0.05) is 44.2 Å². The van der Waals surface area contributed by atoms with Gasteiger partial charge in [0, 0.05) is 6.42 Å². The van der Waals surface area contributed by atoms with Crippen LogP contribution in [0, 0.1) is 5.92 Å². The predicted octanol–water partition coefficient (Wildman–Crippen LogP) is -0.571. The van der Waals surface area contributed by atoms with Crippen LogP contribution in [0.5, 0.6) is 0 Å². The number of nitrogens with two attached hydrogens (primary N) is 1. The summed E-state index contributed by atoms with van der Waals surface area (Å²) in [5.41, 5.74) is 6.20. The average molecular weight is 375 g/mol. The number of amides is 3. The second kappa shape index (κ2) is 11.8. The molecule has 0 aliphatic heterocycles. The fourth-order valence-corrected chi connectivity index (χ4v) is 2.53. The fraction of sp³-hybridized carbons (Fsp3) is 0.474. The molecule has 0 heterocycles. The molecule has 1 aromatic carbocycles. The highest BCUT2D eigenvalue weighted by Crippen LogP contribution is 2.08. The highest BCUT2D eigenvalue weighted by molar-refractivity contribution is 5.92. The van der Waals surface area contributed by atoms with E-state index in [2.05, 4.69) is 16.0 Å². The minimum atomic E-state index is -0.872. The van der Waals surface area contributed by atoms with E-state index >= 15 is 0 Å². The summed E-state index contributed by atoms with van der Waals surface area (Å²) in [4.78, 5) is 47.0. The van der Waals surface area contributed by atoms with Crippen LogP contribution in [0.25, 0.3) is 0 Å². The molecule has 0 saturated heterocycles. The lowest BCUT2D eigenvalue weighted by molar-refractivity contribution is -0.132. The molecule has 8 nitrogen and oxygen atoms in total. The van der Waals surface area contributed by atoms with Crippen molar-refractivity contribution >= 4 is 24.0 Å². The van der Waals surface area contributed by atoms with Gasteiger partial charge in [0.2, 0.25) is 24.0 Å². The minimum absolute atomic E-state index is 0.132. The van der Waals surface area contributed by atoms with Gasteiger partial charge in [-0.25, -0.2) is 0 Å². The second-order valence-electron chi connectivity index (χ2n) is 6.57. The van der Waals surface area contributed by atoms with Crippen LogP contribution in [0.15, 0.2) is 30.3 Å². The van der Waals surface area contributed by atoms with E-state index < -0.39 is 29.8 Å². The van der Waals surface area contributed by atoms with Crippen molar-refractivity contribution in [3.8, 4) is 0 Å². The zero-order valence-electron chi connectivity index (χ0n) is 15.7. The lowest BCUT2D eigenvalue weighted by atomic mass is 10.0. The molecule has 1 rings (SSSR count). The van der Waals surface area contributed by atoms with E-state index in [9.17, 15) is 19.2 Å². The Kier molecular flexibility index (Phi) is 9.74. The van der Waals surface area contributed by atoms with Crippen LogP contribution in [0.1, 0.15) is 25.8 Å². The second-order valence-corrected chi connectivity index (χ2v) is 6.57. The molecular formula is C19H27N4O4. The minimum Gasteiger partial charge on any atom is -0.347 e. The summed E-state index contributed by atoms with van der Waals surface area (Å²) < 4.78 is 0. The topological polar surface area (TPSA) is 130 Å². The third-order valence-electron chi connectivity index (χ3n) is 3.79. The van der Waals surface area contributed by atoms with Crippen LogP contribution >= 0.6 is 0 Å². The van der Waals surface area contributed by atoms with E-state index in [4.69, 9.17) is 5.73 Å². The van der Waals surface area contributed by atoms with Crippen LogP contribution in [-0.4, -0.2) is 49.2 Å². The fourth-order valence-electron chi connectivity index (χ4n) is 2.53. The maximum Gasteiger partial charge on any atom is 0.243 e. The number of hydrogen-bond donors (Lipinski definition) is 4. The van der Waals surface area contributed by atoms with Crippen molar-refractivity contribution in [3.05, 3.63) is 35.9 Å². The van der Waals surface area contributed by atoms with Crippen molar-refractivity contribution in [2.75, 3.05) is 13.1 Å². The Morgan fingerprint density at radius 3 is 2.26 bits per heavy atom. The first-order valence-corrected chi connectivity index (χ1v) is 8.83. The van der Waals surface area contributed by atoms with Crippen molar-refractivity contribution in [1.82, 2.24) is 16.0 Å². The first-order valence-electron chi connectivity index (χ1n) is 8.83. The molecule has 8 heteroatoms. The zero-order chi connectivity index (χ0) is 20.2. The van der Waals surface area contributed by atoms with Crippen molar-refractivity contribution in [1.29, 1.82) is 0 Å². The SMILES string of the molecule is CC(C)CC(NC(=O)C(Cc1ccccc1)NC(=O)CN)C(=O)NC[C]=O. The molecule has 2 atom stereocenters. The smallest absolute Gasteiger partial charge is 0.243 e. The van der Waals surface area contributed by atoms with Crippen LogP contribution in [0.2, 0.25) is 0 Å². The lowest BCUT2D eigenvalue weighted by Gasteiger charge is -2.24. The molecule has 0 fully saturated rings. The van der Waals surface area contributed by atoms with E-state index in [1.54, 1.807) is 6.29 Å². The standard InChI is InChI=1S/C19H27N4O4/c1-13(2)10-15(18(26)21-8-9-24)23-19(27)16(22-17(25)12-20)11-14-6-4-3-5-7-14/h3-7,13,15-16H,8,10-12,20H2,1-2H3,(H,21,26)(H,22,25)(H,23,27). The Hall–Kier alpha value is -2.74. The molecule has 0 saturated carbocycles. The molecule has 3 amide bonds. The molecule has 147 valence electrons. The maximum absolute atomic E-state index is 12.7. The van der Waals surface area contributed by atoms with Crippen molar-refractivity contribution < 1.29 is 19.2 Å². The van der Waals surface area contributed by atoms with Gasteiger partial charge in [-0.15, -0.1) is 0 Å². The Balaban J connectivity index is 2.90. The molecule has 0 aromatic heterocycles. The average Bonchev–Trinajstić information content (AvgIpc) is 2.65. The van der Waals surface area contributed by atoms with Gasteiger partial charge in [-0.3, -0.25) is 19.2 Å². The number of hydrogen-bond acceptors (Lipinski definition) is 5.